The van der Waals surface area contributed by atoms with Crippen LogP contribution in [0.5, 0.6) is 0 Å². The van der Waals surface area contributed by atoms with Gasteiger partial charge in [0.05, 0.1) is 0 Å². The van der Waals surface area contributed by atoms with E-state index in [9.17, 15) is 4.21 Å². The third-order valence-electron chi connectivity index (χ3n) is 3.05. The molecule has 1 aromatic rings. The minimum Gasteiger partial charge on any atom is -0.323 e. The van der Waals surface area contributed by atoms with E-state index in [0.29, 0.717) is 11.7 Å². The van der Waals surface area contributed by atoms with Crippen LogP contribution in [-0.2, 0) is 10.8 Å². The maximum Gasteiger partial charge on any atom is 0.0433 e. The van der Waals surface area contributed by atoms with Crippen LogP contribution < -0.4 is 5.73 Å². The van der Waals surface area contributed by atoms with E-state index in [1.807, 2.05) is 20.8 Å². The highest BCUT2D eigenvalue weighted by Gasteiger charge is 2.22. The van der Waals surface area contributed by atoms with Crippen LogP contribution >= 0.6 is 0 Å². The maximum atomic E-state index is 12.1. The third kappa shape index (κ3) is 4.21. The van der Waals surface area contributed by atoms with Crippen molar-refractivity contribution in [2.45, 2.75) is 51.3 Å². The van der Waals surface area contributed by atoms with E-state index in [4.69, 9.17) is 5.73 Å². The molecule has 2 N–H and O–H groups in total. The van der Waals surface area contributed by atoms with E-state index in [1.54, 1.807) is 0 Å². The molecule has 18 heavy (non-hydrogen) atoms. The zero-order valence-corrected chi connectivity index (χ0v) is 12.9. The molecule has 0 amide bonds. The molecule has 0 saturated heterocycles. The summed E-state index contributed by atoms with van der Waals surface area (Å²) in [7, 11) is -0.907. The molecule has 1 aromatic carbocycles. The lowest BCUT2D eigenvalue weighted by Crippen LogP contribution is -2.29. The predicted molar refractivity (Wildman–Crippen MR) is 80.2 cm³/mol. The summed E-state index contributed by atoms with van der Waals surface area (Å²) in [6, 6.07) is 8.19. The third-order valence-corrected chi connectivity index (χ3v) is 5.07. The van der Waals surface area contributed by atoms with E-state index in [1.165, 1.54) is 5.56 Å². The molecule has 0 aliphatic carbocycles. The lowest BCUT2D eigenvalue weighted by atomic mass is 10.00. The molecular formula is C15H25NOS. The van der Waals surface area contributed by atoms with Gasteiger partial charge in [-0.3, -0.25) is 4.21 Å². The Balaban J connectivity index is 2.73. The first-order chi connectivity index (χ1) is 8.21. The van der Waals surface area contributed by atoms with Crippen LogP contribution in [0.25, 0.3) is 0 Å². The number of hydrogen-bond donors (Lipinski definition) is 1. The van der Waals surface area contributed by atoms with Crippen molar-refractivity contribution in [3.63, 3.8) is 0 Å². The van der Waals surface area contributed by atoms with E-state index in [2.05, 4.69) is 38.1 Å². The van der Waals surface area contributed by atoms with Gasteiger partial charge in [-0.15, -0.1) is 0 Å². The van der Waals surface area contributed by atoms with Crippen molar-refractivity contribution in [1.29, 1.82) is 0 Å². The van der Waals surface area contributed by atoms with Gasteiger partial charge < -0.3 is 5.73 Å². The zero-order chi connectivity index (χ0) is 13.9. The number of benzene rings is 1. The normalized spacial score (nSPS) is 15.7. The molecule has 0 aromatic heterocycles. The van der Waals surface area contributed by atoms with Crippen LogP contribution in [0.2, 0.25) is 0 Å². The largest absolute Gasteiger partial charge is 0.323 e. The van der Waals surface area contributed by atoms with Crippen molar-refractivity contribution < 1.29 is 4.21 Å². The molecule has 0 aliphatic heterocycles. The van der Waals surface area contributed by atoms with Gasteiger partial charge in [0.15, 0.2) is 0 Å². The first-order valence-corrected chi connectivity index (χ1v) is 7.77. The topological polar surface area (TPSA) is 43.1 Å². The van der Waals surface area contributed by atoms with Gasteiger partial charge in [0.25, 0.3) is 0 Å². The molecule has 0 heterocycles. The summed E-state index contributed by atoms with van der Waals surface area (Å²) in [5.41, 5.74) is 8.50. The first kappa shape index (κ1) is 15.4. The summed E-state index contributed by atoms with van der Waals surface area (Å²) in [6.45, 7) is 10.3. The van der Waals surface area contributed by atoms with Gasteiger partial charge in [-0.1, -0.05) is 38.1 Å². The van der Waals surface area contributed by atoms with Gasteiger partial charge in [0.1, 0.15) is 0 Å². The standard InChI is InChI=1S/C15H25NOS/c1-11(2)12-6-8-13(9-7-12)14(16)10-18(17)15(3,4)5/h6-9,11,14H,10,16H2,1-5H3. The molecule has 0 aliphatic rings. The van der Waals surface area contributed by atoms with E-state index < -0.39 is 10.8 Å². The van der Waals surface area contributed by atoms with Crippen molar-refractivity contribution in [2.24, 2.45) is 5.73 Å². The van der Waals surface area contributed by atoms with Gasteiger partial charge in [-0.2, -0.15) is 0 Å². The minimum absolute atomic E-state index is 0.147. The van der Waals surface area contributed by atoms with Crippen LogP contribution in [0.1, 0.15) is 57.7 Å². The molecule has 0 bridgehead atoms. The van der Waals surface area contributed by atoms with Gasteiger partial charge in [-0.05, 0) is 37.8 Å². The number of rotatable bonds is 4. The van der Waals surface area contributed by atoms with Gasteiger partial charge >= 0.3 is 0 Å². The Morgan fingerprint density at radius 2 is 1.56 bits per heavy atom. The van der Waals surface area contributed by atoms with E-state index in [-0.39, 0.29) is 10.8 Å². The molecule has 2 unspecified atom stereocenters. The van der Waals surface area contributed by atoms with Crippen molar-refractivity contribution >= 4 is 10.8 Å². The summed E-state index contributed by atoms with van der Waals surface area (Å²) < 4.78 is 11.9. The quantitative estimate of drug-likeness (QED) is 0.909. The highest BCUT2D eigenvalue weighted by Crippen LogP contribution is 2.20. The number of nitrogens with two attached hydrogens (primary N) is 1. The monoisotopic (exact) mass is 267 g/mol. The lowest BCUT2D eigenvalue weighted by molar-refractivity contribution is 0.640. The molecule has 3 heteroatoms. The highest BCUT2D eigenvalue weighted by molar-refractivity contribution is 7.86. The van der Waals surface area contributed by atoms with Crippen molar-refractivity contribution in [2.75, 3.05) is 5.75 Å². The Kier molecular flexibility index (Phi) is 5.11. The minimum atomic E-state index is -0.907. The van der Waals surface area contributed by atoms with Crippen LogP contribution in [-0.4, -0.2) is 14.7 Å². The Hall–Kier alpha value is -0.670. The average Bonchev–Trinajstić information content (AvgIpc) is 2.27. The van der Waals surface area contributed by atoms with Crippen LogP contribution in [0, 0.1) is 0 Å². The molecular weight excluding hydrogens is 242 g/mol. The Labute approximate surface area is 113 Å². The smallest absolute Gasteiger partial charge is 0.0433 e. The van der Waals surface area contributed by atoms with E-state index >= 15 is 0 Å². The van der Waals surface area contributed by atoms with Crippen molar-refractivity contribution in [3.8, 4) is 0 Å². The summed E-state index contributed by atoms with van der Waals surface area (Å²) in [4.78, 5) is 0. The summed E-state index contributed by atoms with van der Waals surface area (Å²) in [5.74, 6) is 1.05. The highest BCUT2D eigenvalue weighted by atomic mass is 32.2. The second-order valence-electron chi connectivity index (χ2n) is 6.05. The Morgan fingerprint density at radius 3 is 1.94 bits per heavy atom. The molecule has 102 valence electrons. The second kappa shape index (κ2) is 5.98. The number of hydrogen-bond acceptors (Lipinski definition) is 2. The lowest BCUT2D eigenvalue weighted by Gasteiger charge is -2.21. The van der Waals surface area contributed by atoms with Crippen LogP contribution in [0.15, 0.2) is 24.3 Å². The molecule has 1 rings (SSSR count). The summed E-state index contributed by atoms with van der Waals surface area (Å²) in [5, 5.41) is 0. The molecule has 0 radical (unpaired) electrons. The molecule has 0 fully saturated rings. The van der Waals surface area contributed by atoms with Crippen LogP contribution in [0.4, 0.5) is 0 Å². The fraction of sp³-hybridized carbons (Fsp3) is 0.600. The summed E-state index contributed by atoms with van der Waals surface area (Å²) in [6.07, 6.45) is 0. The molecule has 0 spiro atoms. The SMILES string of the molecule is CC(C)c1ccc(C(N)CS(=O)C(C)(C)C)cc1. The van der Waals surface area contributed by atoms with Crippen LogP contribution in [0.3, 0.4) is 0 Å². The zero-order valence-electron chi connectivity index (χ0n) is 12.1. The van der Waals surface area contributed by atoms with E-state index in [0.717, 1.165) is 5.56 Å². The Morgan fingerprint density at radius 1 is 1.11 bits per heavy atom. The predicted octanol–water partition coefficient (Wildman–Crippen LogP) is 3.36. The van der Waals surface area contributed by atoms with Gasteiger partial charge in [0.2, 0.25) is 0 Å². The molecule has 2 atom stereocenters. The molecule has 2 nitrogen and oxygen atoms in total. The Bertz CT molecular complexity index is 403. The fourth-order valence-corrected chi connectivity index (χ4v) is 2.66. The second-order valence-corrected chi connectivity index (χ2v) is 8.30. The maximum absolute atomic E-state index is 12.1. The van der Waals surface area contributed by atoms with Gasteiger partial charge in [-0.25, -0.2) is 0 Å². The fourth-order valence-electron chi connectivity index (χ4n) is 1.64. The van der Waals surface area contributed by atoms with Gasteiger partial charge in [0, 0.05) is 27.3 Å². The average molecular weight is 267 g/mol. The summed E-state index contributed by atoms with van der Waals surface area (Å²) >= 11 is 0. The first-order valence-electron chi connectivity index (χ1n) is 6.45. The molecule has 0 saturated carbocycles. The van der Waals surface area contributed by atoms with Crippen molar-refractivity contribution in [3.05, 3.63) is 35.4 Å². The van der Waals surface area contributed by atoms with Crippen molar-refractivity contribution in [1.82, 2.24) is 0 Å².